The third-order valence-electron chi connectivity index (χ3n) is 12.2. The number of benzene rings is 5. The average molecular weight is 840 g/mol. The minimum atomic E-state index is -0.785. The fourth-order valence-corrected chi connectivity index (χ4v) is 9.51. The van der Waals surface area contributed by atoms with Gasteiger partial charge in [-0.2, -0.15) is 12.6 Å². The molecule has 0 fully saturated rings. The van der Waals surface area contributed by atoms with E-state index in [9.17, 15) is 24.6 Å². The number of ether oxygens (including phenoxy) is 3. The minimum absolute atomic E-state index is 0.0845. The molecule has 4 heterocycles. The first kappa shape index (κ1) is 40.6. The van der Waals surface area contributed by atoms with Gasteiger partial charge in [0.05, 0.1) is 31.4 Å². The standard InChI is InChI=1S/C49H49N3O8S/c1-27-13-35-32(19-41(53)39-17-30-9-5-7-11-37(30)51(39)47(35)56)21-43(27)59-25-28-14-29(16-34(15-28)50-46(55)24-49(2,3)61)26-60-45-22-33-20-42(54)40-18-31-10-6-8-12-38(31)52(40)48(57)36(33)23-44(45)58-4/h5-16,21-23,39-42,53-54,61H,17-20,24-26H2,1-4H3,(H,50,55)/t39-,40-,41?,42?/m0/s1. The van der Waals surface area contributed by atoms with Gasteiger partial charge in [-0.3, -0.25) is 14.4 Å². The summed E-state index contributed by atoms with van der Waals surface area (Å²) in [4.78, 5) is 44.6. The quantitative estimate of drug-likeness (QED) is 0.109. The second kappa shape index (κ2) is 15.9. The molecule has 4 aliphatic heterocycles. The lowest BCUT2D eigenvalue weighted by Crippen LogP contribution is -2.43. The number of para-hydroxylation sites is 2. The van der Waals surface area contributed by atoms with Crippen molar-refractivity contribution in [3.8, 4) is 17.2 Å². The van der Waals surface area contributed by atoms with E-state index < -0.39 is 17.0 Å². The number of thiol groups is 1. The summed E-state index contributed by atoms with van der Waals surface area (Å²) in [7, 11) is 1.52. The van der Waals surface area contributed by atoms with Gasteiger partial charge in [-0.25, -0.2) is 0 Å². The van der Waals surface area contributed by atoms with Crippen LogP contribution in [-0.4, -0.2) is 64.1 Å². The van der Waals surface area contributed by atoms with Gasteiger partial charge >= 0.3 is 0 Å². The number of hydrogen-bond donors (Lipinski definition) is 4. The van der Waals surface area contributed by atoms with Crippen molar-refractivity contribution in [3.05, 3.63) is 141 Å². The zero-order valence-corrected chi connectivity index (χ0v) is 35.5. The number of fused-ring (bicyclic) bond motifs is 8. The fourth-order valence-electron chi connectivity index (χ4n) is 9.36. The van der Waals surface area contributed by atoms with E-state index >= 15 is 0 Å². The first-order chi connectivity index (χ1) is 29.2. The molecule has 4 atom stereocenters. The molecule has 0 saturated carbocycles. The molecule has 4 aliphatic rings. The van der Waals surface area contributed by atoms with Gasteiger partial charge < -0.3 is 39.5 Å². The Balaban J connectivity index is 0.972. The minimum Gasteiger partial charge on any atom is -0.493 e. The van der Waals surface area contributed by atoms with Crippen LogP contribution in [0.15, 0.2) is 91.0 Å². The van der Waals surface area contributed by atoms with Crippen molar-refractivity contribution >= 4 is 47.4 Å². The van der Waals surface area contributed by atoms with Crippen LogP contribution in [0.3, 0.4) is 0 Å². The number of methoxy groups -OCH3 is 1. The van der Waals surface area contributed by atoms with Gasteiger partial charge in [-0.05, 0) is 113 Å². The Labute approximate surface area is 360 Å². The summed E-state index contributed by atoms with van der Waals surface area (Å²) in [5, 5.41) is 25.8. The van der Waals surface area contributed by atoms with E-state index in [1.807, 2.05) is 99.6 Å². The average Bonchev–Trinajstić information content (AvgIpc) is 3.76. The summed E-state index contributed by atoms with van der Waals surface area (Å²) in [5.74, 6) is 0.853. The van der Waals surface area contributed by atoms with Gasteiger partial charge in [0.15, 0.2) is 11.5 Å². The maximum absolute atomic E-state index is 14.1. The smallest absolute Gasteiger partial charge is 0.259 e. The van der Waals surface area contributed by atoms with E-state index in [1.165, 1.54) is 7.11 Å². The largest absolute Gasteiger partial charge is 0.493 e. The van der Waals surface area contributed by atoms with E-state index in [0.29, 0.717) is 58.9 Å². The number of carbonyl (C=O) groups excluding carboxylic acids is 3. The fraction of sp³-hybridized carbons (Fsp3) is 0.327. The van der Waals surface area contributed by atoms with Crippen LogP contribution >= 0.6 is 12.6 Å². The highest BCUT2D eigenvalue weighted by Gasteiger charge is 2.43. The molecule has 9 rings (SSSR count). The molecule has 3 amide bonds. The molecule has 0 saturated heterocycles. The molecule has 3 N–H and O–H groups in total. The molecule has 12 heteroatoms. The van der Waals surface area contributed by atoms with Crippen LogP contribution in [0.5, 0.6) is 17.2 Å². The van der Waals surface area contributed by atoms with Crippen LogP contribution < -0.4 is 29.3 Å². The molecule has 314 valence electrons. The normalized spacial score (nSPS) is 20.0. The molecular formula is C49H49N3O8S. The van der Waals surface area contributed by atoms with E-state index in [0.717, 1.165) is 44.8 Å². The van der Waals surface area contributed by atoms with E-state index in [-0.39, 0.29) is 55.9 Å². The molecule has 0 aromatic heterocycles. The number of amides is 3. The molecule has 2 unspecified atom stereocenters. The van der Waals surface area contributed by atoms with Crippen molar-refractivity contribution in [1.82, 2.24) is 0 Å². The number of hydrogen-bond acceptors (Lipinski definition) is 9. The van der Waals surface area contributed by atoms with Gasteiger partial charge in [-0.1, -0.05) is 50.2 Å². The van der Waals surface area contributed by atoms with Crippen molar-refractivity contribution < 1.29 is 38.8 Å². The molecular weight excluding hydrogens is 791 g/mol. The topological polar surface area (TPSA) is 138 Å². The molecule has 0 aliphatic carbocycles. The number of nitrogens with zero attached hydrogens (tertiary/aromatic N) is 2. The van der Waals surface area contributed by atoms with Gasteiger partial charge in [0, 0.05) is 52.2 Å². The predicted octanol–water partition coefficient (Wildman–Crippen LogP) is 7.18. The highest BCUT2D eigenvalue weighted by Crippen LogP contribution is 2.42. The van der Waals surface area contributed by atoms with Crippen molar-refractivity contribution in [2.75, 3.05) is 22.2 Å². The van der Waals surface area contributed by atoms with Gasteiger partial charge in [0.2, 0.25) is 5.91 Å². The Morgan fingerprint density at radius 2 is 1.21 bits per heavy atom. The zero-order chi connectivity index (χ0) is 42.7. The highest BCUT2D eigenvalue weighted by molar-refractivity contribution is 7.81. The Morgan fingerprint density at radius 3 is 1.75 bits per heavy atom. The third kappa shape index (κ3) is 7.84. The molecule has 11 nitrogen and oxygen atoms in total. The van der Waals surface area contributed by atoms with Crippen LogP contribution in [-0.2, 0) is 43.7 Å². The Morgan fingerprint density at radius 1 is 0.705 bits per heavy atom. The molecule has 61 heavy (non-hydrogen) atoms. The number of carbonyl (C=O) groups is 3. The van der Waals surface area contributed by atoms with Crippen molar-refractivity contribution in [1.29, 1.82) is 0 Å². The number of aliphatic hydroxyl groups is 2. The number of aliphatic hydroxyl groups excluding tert-OH is 2. The first-order valence-corrected chi connectivity index (χ1v) is 21.1. The molecule has 0 radical (unpaired) electrons. The van der Waals surface area contributed by atoms with Crippen LogP contribution in [0.2, 0.25) is 0 Å². The molecule has 5 aromatic rings. The summed E-state index contributed by atoms with van der Waals surface area (Å²) in [5.41, 5.74) is 8.96. The number of aryl methyl sites for hydroxylation is 1. The molecule has 0 bridgehead atoms. The van der Waals surface area contributed by atoms with Crippen LogP contribution in [0.4, 0.5) is 17.1 Å². The second-order valence-corrected chi connectivity index (χ2v) is 18.5. The second-order valence-electron chi connectivity index (χ2n) is 17.3. The third-order valence-corrected chi connectivity index (χ3v) is 12.3. The van der Waals surface area contributed by atoms with Gasteiger partial charge in [0.1, 0.15) is 19.0 Å². The monoisotopic (exact) mass is 839 g/mol. The van der Waals surface area contributed by atoms with Crippen molar-refractivity contribution in [3.63, 3.8) is 0 Å². The Kier molecular flexibility index (Phi) is 10.6. The number of rotatable bonds is 10. The molecule has 5 aromatic carbocycles. The van der Waals surface area contributed by atoms with E-state index in [2.05, 4.69) is 17.9 Å². The molecule has 0 spiro atoms. The zero-order valence-electron chi connectivity index (χ0n) is 34.6. The van der Waals surface area contributed by atoms with Gasteiger partial charge in [-0.15, -0.1) is 0 Å². The van der Waals surface area contributed by atoms with Crippen molar-refractivity contribution in [2.45, 2.75) is 95.1 Å². The summed E-state index contributed by atoms with van der Waals surface area (Å²) in [6, 6.07) is 27.7. The summed E-state index contributed by atoms with van der Waals surface area (Å²) >= 11 is 4.55. The Hall–Kier alpha value is -5.82. The number of nitrogens with one attached hydrogen (secondary N) is 1. The lowest BCUT2D eigenvalue weighted by molar-refractivity contribution is -0.116. The predicted molar refractivity (Wildman–Crippen MR) is 236 cm³/mol. The highest BCUT2D eigenvalue weighted by atomic mass is 32.1. The van der Waals surface area contributed by atoms with Crippen LogP contribution in [0.1, 0.15) is 79.9 Å². The van der Waals surface area contributed by atoms with Gasteiger partial charge in [0.25, 0.3) is 11.8 Å². The van der Waals surface area contributed by atoms with E-state index in [1.54, 1.807) is 21.9 Å². The number of anilines is 3. The SMILES string of the molecule is COc1cc2c(cc1OCc1cc(COc3cc4c(cc3C)C(=O)N3c5ccccc5C[C@H]3C(O)C4)cc(NC(=O)CC(C)(C)S)c1)CC(O)[C@@H]1Cc3ccccc3N1C2=O. The summed E-state index contributed by atoms with van der Waals surface area (Å²) in [6.45, 7) is 5.87. The maximum atomic E-state index is 14.1. The summed E-state index contributed by atoms with van der Waals surface area (Å²) < 4.78 is 18.1. The van der Waals surface area contributed by atoms with Crippen molar-refractivity contribution in [2.24, 2.45) is 0 Å². The Bertz CT molecular complexity index is 2590. The lowest BCUT2D eigenvalue weighted by atomic mass is 9.96. The maximum Gasteiger partial charge on any atom is 0.259 e. The van der Waals surface area contributed by atoms with Crippen LogP contribution in [0.25, 0.3) is 0 Å². The lowest BCUT2D eigenvalue weighted by Gasteiger charge is -2.26. The van der Waals surface area contributed by atoms with Crippen LogP contribution in [0, 0.1) is 6.92 Å². The summed E-state index contributed by atoms with van der Waals surface area (Å²) in [6.07, 6.45) is 0.398. The van der Waals surface area contributed by atoms with E-state index in [4.69, 9.17) is 14.2 Å². The first-order valence-electron chi connectivity index (χ1n) is 20.7.